The Hall–Kier alpha value is -1.95. The molecule has 2 N–H and O–H groups in total. The molecule has 0 spiro atoms. The summed E-state index contributed by atoms with van der Waals surface area (Å²) in [6.45, 7) is 11.2. The largest absolute Gasteiger partial charge is 0.433 e. The second-order valence-electron chi connectivity index (χ2n) is 8.62. The van der Waals surface area contributed by atoms with Crippen molar-refractivity contribution in [3.8, 4) is 0 Å². The number of rotatable bonds is 8. The van der Waals surface area contributed by atoms with Crippen molar-refractivity contribution in [2.24, 2.45) is 0 Å². The first-order chi connectivity index (χ1) is 17.7. The molecule has 214 valence electrons. The quantitative estimate of drug-likeness (QED) is 0.526. The minimum absolute atomic E-state index is 0.0195. The lowest BCUT2D eigenvalue weighted by Crippen LogP contribution is -2.51. The molecule has 3 atom stereocenters. The highest BCUT2D eigenvalue weighted by Crippen LogP contribution is 2.29. The number of hydrogen-bond donors (Lipinski definition) is 2. The first-order valence-corrected chi connectivity index (χ1v) is 13.3. The molecule has 2 aliphatic heterocycles. The molecule has 0 bridgehead atoms. The van der Waals surface area contributed by atoms with Crippen LogP contribution in [-0.2, 0) is 20.4 Å². The van der Waals surface area contributed by atoms with Gasteiger partial charge in [0.15, 0.2) is 0 Å². The van der Waals surface area contributed by atoms with Gasteiger partial charge in [-0.1, -0.05) is 26.8 Å². The van der Waals surface area contributed by atoms with Crippen LogP contribution in [-0.4, -0.2) is 92.2 Å². The molecule has 1 aromatic rings. The maximum absolute atomic E-state index is 12.9. The molecule has 11 heteroatoms. The summed E-state index contributed by atoms with van der Waals surface area (Å²) in [5.74, 6) is 0.378. The van der Waals surface area contributed by atoms with Crippen LogP contribution in [0.2, 0.25) is 0 Å². The van der Waals surface area contributed by atoms with Gasteiger partial charge in [0.25, 0.3) is 0 Å². The van der Waals surface area contributed by atoms with E-state index in [0.717, 1.165) is 25.3 Å². The van der Waals surface area contributed by atoms with Crippen LogP contribution in [0.1, 0.15) is 59.1 Å². The van der Waals surface area contributed by atoms with Crippen molar-refractivity contribution in [3.05, 3.63) is 23.9 Å². The number of aliphatic hydroxyl groups is 1. The van der Waals surface area contributed by atoms with Crippen LogP contribution in [0.25, 0.3) is 0 Å². The van der Waals surface area contributed by atoms with Gasteiger partial charge in [-0.2, -0.15) is 13.2 Å². The van der Waals surface area contributed by atoms with E-state index in [1.807, 2.05) is 13.8 Å². The molecule has 3 unspecified atom stereocenters. The van der Waals surface area contributed by atoms with Crippen molar-refractivity contribution in [2.75, 3.05) is 58.0 Å². The number of piperazine rings is 1. The van der Waals surface area contributed by atoms with E-state index in [4.69, 9.17) is 14.6 Å². The molecule has 0 saturated carbocycles. The highest BCUT2D eigenvalue weighted by molar-refractivity contribution is 5.76. The SMILES string of the molecule is CC.CCC(CCC(=O)N1CCN(c2cccc(C(F)(F)F)n2)CC1)NC1CCOCC1OC.CCO. The zero-order valence-corrected chi connectivity index (χ0v) is 22.9. The van der Waals surface area contributed by atoms with E-state index in [9.17, 15) is 18.0 Å². The molecule has 2 saturated heterocycles. The van der Waals surface area contributed by atoms with Gasteiger partial charge in [-0.05, 0) is 38.3 Å². The molecule has 3 rings (SSSR count). The number of halogens is 3. The molecular weight excluding hydrogens is 489 g/mol. The number of amides is 1. The van der Waals surface area contributed by atoms with Gasteiger partial charge in [-0.15, -0.1) is 0 Å². The topological polar surface area (TPSA) is 87.2 Å². The Morgan fingerprint density at radius 1 is 1.24 bits per heavy atom. The number of hydrogen-bond acceptors (Lipinski definition) is 7. The Balaban J connectivity index is 0.00000127. The van der Waals surface area contributed by atoms with Crippen molar-refractivity contribution in [1.82, 2.24) is 15.2 Å². The fourth-order valence-corrected chi connectivity index (χ4v) is 4.24. The molecule has 0 aromatic carbocycles. The van der Waals surface area contributed by atoms with Gasteiger partial charge in [0, 0.05) is 65.0 Å². The smallest absolute Gasteiger partial charge is 0.397 e. The lowest BCUT2D eigenvalue weighted by atomic mass is 10.0. The molecule has 2 aliphatic rings. The number of nitrogens with zero attached hydrogens (tertiary/aromatic N) is 3. The third-order valence-electron chi connectivity index (χ3n) is 6.24. The average molecular weight is 535 g/mol. The number of carbonyl (C=O) groups is 1. The Bertz CT molecular complexity index is 762. The Labute approximate surface area is 219 Å². The standard InChI is InChI=1S/C22H33F3N4O3.C2H6O.C2H6/c1-3-16(26-17-9-14-32-15-18(17)31-2)7-8-21(30)29-12-10-28(11-13-29)20-6-4-5-19(27-20)22(23,24)25;1-2-3;1-2/h4-6,16-18,26H,3,7-15H2,1-2H3;3H,2H2,1H3;1-2H3. The minimum atomic E-state index is -4.47. The van der Waals surface area contributed by atoms with Gasteiger partial charge in [-0.25, -0.2) is 4.98 Å². The van der Waals surface area contributed by atoms with E-state index in [2.05, 4.69) is 17.2 Å². The number of nitrogens with one attached hydrogen (secondary N) is 1. The van der Waals surface area contributed by atoms with Crippen molar-refractivity contribution < 1.29 is 32.5 Å². The molecule has 8 nitrogen and oxygen atoms in total. The summed E-state index contributed by atoms with van der Waals surface area (Å²) in [5, 5.41) is 11.2. The van der Waals surface area contributed by atoms with E-state index < -0.39 is 11.9 Å². The van der Waals surface area contributed by atoms with Crippen LogP contribution >= 0.6 is 0 Å². The van der Waals surface area contributed by atoms with Gasteiger partial charge < -0.3 is 29.7 Å². The van der Waals surface area contributed by atoms with Crippen molar-refractivity contribution in [3.63, 3.8) is 0 Å². The van der Waals surface area contributed by atoms with E-state index in [0.29, 0.717) is 51.6 Å². The fraction of sp³-hybridized carbons (Fsp3) is 0.769. The van der Waals surface area contributed by atoms with Gasteiger partial charge in [-0.3, -0.25) is 4.79 Å². The molecule has 3 heterocycles. The molecule has 1 amide bonds. The van der Waals surface area contributed by atoms with Gasteiger partial charge >= 0.3 is 6.18 Å². The highest BCUT2D eigenvalue weighted by atomic mass is 19.4. The zero-order valence-electron chi connectivity index (χ0n) is 22.9. The van der Waals surface area contributed by atoms with Crippen LogP contribution < -0.4 is 10.2 Å². The summed E-state index contributed by atoms with van der Waals surface area (Å²) in [4.78, 5) is 20.1. The summed E-state index contributed by atoms with van der Waals surface area (Å²) in [7, 11) is 1.69. The Morgan fingerprint density at radius 3 is 2.46 bits per heavy atom. The number of aromatic nitrogens is 1. The predicted octanol–water partition coefficient (Wildman–Crippen LogP) is 3.73. The van der Waals surface area contributed by atoms with Crippen LogP contribution in [0.3, 0.4) is 0 Å². The number of pyridine rings is 1. The van der Waals surface area contributed by atoms with E-state index in [1.165, 1.54) is 6.07 Å². The second kappa shape index (κ2) is 17.5. The minimum Gasteiger partial charge on any atom is -0.397 e. The van der Waals surface area contributed by atoms with Crippen LogP contribution in [0.5, 0.6) is 0 Å². The maximum atomic E-state index is 12.9. The summed E-state index contributed by atoms with van der Waals surface area (Å²) >= 11 is 0. The van der Waals surface area contributed by atoms with E-state index in [-0.39, 0.29) is 30.7 Å². The van der Waals surface area contributed by atoms with Crippen molar-refractivity contribution in [1.29, 1.82) is 0 Å². The molecule has 37 heavy (non-hydrogen) atoms. The number of ether oxygens (including phenoxy) is 2. The number of anilines is 1. The molecule has 2 fully saturated rings. The molecule has 0 radical (unpaired) electrons. The third-order valence-corrected chi connectivity index (χ3v) is 6.24. The third kappa shape index (κ3) is 11.1. The van der Waals surface area contributed by atoms with Gasteiger partial charge in [0.1, 0.15) is 11.5 Å². The fourth-order valence-electron chi connectivity index (χ4n) is 4.24. The number of carbonyl (C=O) groups excluding carboxylic acids is 1. The Kier molecular flexibility index (Phi) is 15.7. The summed E-state index contributed by atoms with van der Waals surface area (Å²) in [6.07, 6.45) is -1.48. The van der Waals surface area contributed by atoms with Gasteiger partial charge in [0.2, 0.25) is 5.91 Å². The van der Waals surface area contributed by atoms with E-state index >= 15 is 0 Å². The zero-order chi connectivity index (χ0) is 27.8. The summed E-state index contributed by atoms with van der Waals surface area (Å²) in [6, 6.07) is 4.35. The normalized spacial score (nSPS) is 20.8. The number of methoxy groups -OCH3 is 1. The van der Waals surface area contributed by atoms with Crippen molar-refractivity contribution >= 4 is 11.7 Å². The summed E-state index contributed by atoms with van der Waals surface area (Å²) < 4.78 is 49.7. The molecule has 1 aromatic heterocycles. The number of alkyl halides is 3. The Morgan fingerprint density at radius 2 is 1.89 bits per heavy atom. The first-order valence-electron chi connectivity index (χ1n) is 13.3. The van der Waals surface area contributed by atoms with Crippen LogP contribution in [0.15, 0.2) is 18.2 Å². The van der Waals surface area contributed by atoms with Crippen LogP contribution in [0, 0.1) is 0 Å². The lowest BCUT2D eigenvalue weighted by Gasteiger charge is -2.36. The average Bonchev–Trinajstić information content (AvgIpc) is 2.92. The van der Waals surface area contributed by atoms with Crippen molar-refractivity contribution in [2.45, 2.75) is 77.7 Å². The lowest BCUT2D eigenvalue weighted by molar-refractivity contribution is -0.141. The predicted molar refractivity (Wildman–Crippen MR) is 139 cm³/mol. The number of aliphatic hydroxyl groups excluding tert-OH is 1. The second-order valence-corrected chi connectivity index (χ2v) is 8.62. The maximum Gasteiger partial charge on any atom is 0.433 e. The first kappa shape index (κ1) is 33.1. The van der Waals surface area contributed by atoms with Gasteiger partial charge in [0.05, 0.1) is 12.7 Å². The highest BCUT2D eigenvalue weighted by Gasteiger charge is 2.33. The summed E-state index contributed by atoms with van der Waals surface area (Å²) in [5.41, 5.74) is -0.896. The molecule has 0 aliphatic carbocycles. The monoisotopic (exact) mass is 534 g/mol. The van der Waals surface area contributed by atoms with Crippen LogP contribution in [0.4, 0.5) is 19.0 Å². The van der Waals surface area contributed by atoms with E-state index in [1.54, 1.807) is 29.9 Å². The molecular formula is C26H45F3N4O4.